The Bertz CT molecular complexity index is 960. The molecule has 1 aromatic heterocycles. The van der Waals surface area contributed by atoms with Gasteiger partial charge in [-0.3, -0.25) is 9.36 Å². The van der Waals surface area contributed by atoms with Gasteiger partial charge in [-0.15, -0.1) is 11.8 Å². The lowest BCUT2D eigenvalue weighted by atomic mass is 10.0. The zero-order valence-corrected chi connectivity index (χ0v) is 16.1. The van der Waals surface area contributed by atoms with Crippen molar-refractivity contribution in [3.63, 3.8) is 0 Å². The van der Waals surface area contributed by atoms with Crippen molar-refractivity contribution in [2.24, 2.45) is 0 Å². The van der Waals surface area contributed by atoms with Crippen LogP contribution >= 0.6 is 23.5 Å². The molecule has 2 heterocycles. The molecule has 0 saturated heterocycles. The number of nitrogens with zero attached hydrogens (tertiary/aromatic N) is 2. The molecular formula is C20H18FN3OS2. The zero-order valence-electron chi connectivity index (χ0n) is 14.5. The van der Waals surface area contributed by atoms with Crippen molar-refractivity contribution in [1.29, 1.82) is 0 Å². The monoisotopic (exact) mass is 399 g/mol. The minimum absolute atomic E-state index is 0.0273. The first-order valence-electron chi connectivity index (χ1n) is 8.64. The minimum atomic E-state index is -0.302. The fourth-order valence-electron chi connectivity index (χ4n) is 3.08. The molecule has 0 aliphatic carbocycles. The summed E-state index contributed by atoms with van der Waals surface area (Å²) in [5.74, 6) is 0.932. The summed E-state index contributed by atoms with van der Waals surface area (Å²) in [6, 6.07) is 14.6. The lowest BCUT2D eigenvalue weighted by molar-refractivity contribution is -0.119. The normalized spacial score (nSPS) is 16.0. The minimum Gasteiger partial charge on any atom is -0.348 e. The van der Waals surface area contributed by atoms with E-state index >= 15 is 0 Å². The van der Waals surface area contributed by atoms with Crippen LogP contribution < -0.4 is 5.32 Å². The van der Waals surface area contributed by atoms with Gasteiger partial charge in [-0.05, 0) is 36.2 Å². The average Bonchev–Trinajstić information content (AvgIpc) is 3.15. The van der Waals surface area contributed by atoms with Gasteiger partial charge >= 0.3 is 0 Å². The van der Waals surface area contributed by atoms with Crippen LogP contribution in [0.1, 0.15) is 18.0 Å². The summed E-state index contributed by atoms with van der Waals surface area (Å²) in [5.41, 5.74) is 1.88. The van der Waals surface area contributed by atoms with E-state index in [4.69, 9.17) is 0 Å². The van der Waals surface area contributed by atoms with Crippen molar-refractivity contribution >= 4 is 29.4 Å². The molecule has 27 heavy (non-hydrogen) atoms. The van der Waals surface area contributed by atoms with Gasteiger partial charge in [-0.2, -0.15) is 0 Å². The van der Waals surface area contributed by atoms with Crippen LogP contribution in [0.3, 0.4) is 0 Å². The number of benzene rings is 2. The second-order valence-corrected chi connectivity index (χ2v) is 8.22. The van der Waals surface area contributed by atoms with Crippen LogP contribution in [0.15, 0.2) is 71.0 Å². The Labute approximate surface area is 165 Å². The van der Waals surface area contributed by atoms with E-state index in [1.54, 1.807) is 23.0 Å². The quantitative estimate of drug-likeness (QED) is 0.644. The van der Waals surface area contributed by atoms with Gasteiger partial charge in [0.2, 0.25) is 5.91 Å². The van der Waals surface area contributed by atoms with E-state index in [9.17, 15) is 9.18 Å². The Morgan fingerprint density at radius 1 is 1.30 bits per heavy atom. The molecule has 0 fully saturated rings. The smallest absolute Gasteiger partial charge is 0.230 e. The number of amides is 1. The van der Waals surface area contributed by atoms with E-state index in [1.807, 2.05) is 30.0 Å². The summed E-state index contributed by atoms with van der Waals surface area (Å²) in [6.07, 6.45) is 4.35. The summed E-state index contributed by atoms with van der Waals surface area (Å²) in [5, 5.41) is 3.80. The van der Waals surface area contributed by atoms with Crippen molar-refractivity contribution in [1.82, 2.24) is 14.9 Å². The highest BCUT2D eigenvalue weighted by Gasteiger charge is 2.22. The largest absolute Gasteiger partial charge is 0.348 e. The Hall–Kier alpha value is -2.25. The van der Waals surface area contributed by atoms with Crippen LogP contribution in [0.4, 0.5) is 4.39 Å². The Morgan fingerprint density at radius 3 is 3.07 bits per heavy atom. The maximum absolute atomic E-state index is 13.5. The van der Waals surface area contributed by atoms with Gasteiger partial charge < -0.3 is 5.32 Å². The molecule has 4 nitrogen and oxygen atoms in total. The Balaban J connectivity index is 1.41. The van der Waals surface area contributed by atoms with Crippen molar-refractivity contribution in [2.75, 3.05) is 11.5 Å². The molecular weight excluding hydrogens is 381 g/mol. The molecule has 1 atom stereocenters. The number of hydrogen-bond donors (Lipinski definition) is 1. The van der Waals surface area contributed by atoms with Gasteiger partial charge in [-0.1, -0.05) is 36.0 Å². The predicted octanol–water partition coefficient (Wildman–Crippen LogP) is 4.46. The van der Waals surface area contributed by atoms with Crippen molar-refractivity contribution in [3.05, 3.63) is 72.3 Å². The first-order valence-corrected chi connectivity index (χ1v) is 10.6. The number of aromatic nitrogens is 2. The molecule has 0 spiro atoms. The highest BCUT2D eigenvalue weighted by Crippen LogP contribution is 2.35. The predicted molar refractivity (Wildman–Crippen MR) is 107 cm³/mol. The third-order valence-electron chi connectivity index (χ3n) is 4.32. The maximum atomic E-state index is 13.5. The Morgan fingerprint density at radius 2 is 2.19 bits per heavy atom. The summed E-state index contributed by atoms with van der Waals surface area (Å²) in [6.45, 7) is 0. The van der Waals surface area contributed by atoms with Gasteiger partial charge in [0.05, 0.1) is 17.5 Å². The molecule has 1 amide bonds. The molecule has 138 valence electrons. The number of halogens is 1. The fourth-order valence-corrected chi connectivity index (χ4v) is 4.99. The second-order valence-electron chi connectivity index (χ2n) is 6.14. The van der Waals surface area contributed by atoms with Gasteiger partial charge in [0.1, 0.15) is 5.82 Å². The van der Waals surface area contributed by atoms with Crippen LogP contribution in [-0.4, -0.2) is 27.0 Å². The van der Waals surface area contributed by atoms with Crippen LogP contribution in [0, 0.1) is 5.82 Å². The van der Waals surface area contributed by atoms with E-state index in [2.05, 4.69) is 22.4 Å². The van der Waals surface area contributed by atoms with E-state index in [1.165, 1.54) is 34.4 Å². The van der Waals surface area contributed by atoms with Crippen molar-refractivity contribution in [3.8, 4) is 5.69 Å². The first kappa shape index (κ1) is 18.1. The number of imidazole rings is 1. The average molecular weight is 400 g/mol. The molecule has 0 unspecified atom stereocenters. The molecule has 1 N–H and O–H groups in total. The van der Waals surface area contributed by atoms with E-state index in [0.29, 0.717) is 10.8 Å². The molecule has 0 bridgehead atoms. The summed E-state index contributed by atoms with van der Waals surface area (Å²) in [4.78, 5) is 18.0. The first-order chi connectivity index (χ1) is 13.2. The Kier molecular flexibility index (Phi) is 5.50. The van der Waals surface area contributed by atoms with Gasteiger partial charge in [-0.25, -0.2) is 9.37 Å². The van der Waals surface area contributed by atoms with E-state index in [0.717, 1.165) is 12.2 Å². The SMILES string of the molecule is O=C(CSc1nccn1-c1cccc(F)c1)N[C@@H]1CCSc2ccccc21. The molecule has 0 radical (unpaired) electrons. The van der Waals surface area contributed by atoms with Gasteiger partial charge in [0, 0.05) is 23.0 Å². The van der Waals surface area contributed by atoms with Crippen molar-refractivity contribution < 1.29 is 9.18 Å². The standard InChI is InChI=1S/C20H18FN3OS2/c21-14-4-3-5-15(12-14)24-10-9-22-20(24)27-13-19(25)23-17-8-11-26-18-7-2-1-6-16(17)18/h1-7,9-10,12,17H,8,11,13H2,(H,23,25)/t17-/m1/s1. The molecule has 3 aromatic rings. The third kappa shape index (κ3) is 4.20. The number of rotatable bonds is 5. The lowest BCUT2D eigenvalue weighted by Crippen LogP contribution is -2.31. The lowest BCUT2D eigenvalue weighted by Gasteiger charge is -2.25. The number of carbonyl (C=O) groups excluding carboxylic acids is 1. The van der Waals surface area contributed by atoms with Gasteiger partial charge in [0.25, 0.3) is 0 Å². The molecule has 4 rings (SSSR count). The number of hydrogen-bond acceptors (Lipinski definition) is 4. The van der Waals surface area contributed by atoms with Crippen LogP contribution in [0.5, 0.6) is 0 Å². The van der Waals surface area contributed by atoms with E-state index < -0.39 is 0 Å². The summed E-state index contributed by atoms with van der Waals surface area (Å²) < 4.78 is 15.3. The summed E-state index contributed by atoms with van der Waals surface area (Å²) in [7, 11) is 0. The number of fused-ring (bicyclic) bond motifs is 1. The molecule has 7 heteroatoms. The topological polar surface area (TPSA) is 46.9 Å². The van der Waals surface area contributed by atoms with Gasteiger partial charge in [0.15, 0.2) is 5.16 Å². The second kappa shape index (κ2) is 8.19. The number of thioether (sulfide) groups is 2. The third-order valence-corrected chi connectivity index (χ3v) is 6.41. The molecule has 1 aliphatic rings. The maximum Gasteiger partial charge on any atom is 0.230 e. The van der Waals surface area contributed by atoms with Crippen LogP contribution in [-0.2, 0) is 4.79 Å². The highest BCUT2D eigenvalue weighted by atomic mass is 32.2. The van der Waals surface area contributed by atoms with Crippen molar-refractivity contribution in [2.45, 2.75) is 22.5 Å². The molecule has 0 saturated carbocycles. The van der Waals surface area contributed by atoms with E-state index in [-0.39, 0.29) is 23.5 Å². The molecule has 1 aliphatic heterocycles. The fraction of sp³-hybridized carbons (Fsp3) is 0.200. The summed E-state index contributed by atoms with van der Waals surface area (Å²) >= 11 is 3.18. The highest BCUT2D eigenvalue weighted by molar-refractivity contribution is 7.99. The number of carbonyl (C=O) groups is 1. The van der Waals surface area contributed by atoms with Crippen LogP contribution in [0.2, 0.25) is 0 Å². The molecule has 2 aromatic carbocycles. The zero-order chi connectivity index (χ0) is 18.6. The van der Waals surface area contributed by atoms with Crippen LogP contribution in [0.25, 0.3) is 5.69 Å². The number of nitrogens with one attached hydrogen (secondary N) is 1.